The van der Waals surface area contributed by atoms with Gasteiger partial charge < -0.3 is 10.2 Å². The van der Waals surface area contributed by atoms with Gasteiger partial charge in [0.15, 0.2) is 0 Å². The second kappa shape index (κ2) is 5.73. The summed E-state index contributed by atoms with van der Waals surface area (Å²) in [7, 11) is 1.98. The molecule has 1 heterocycles. The number of hydrogen-bond donors (Lipinski definition) is 1. The number of aromatic nitrogens is 3. The normalized spacial score (nSPS) is 11.1. The van der Waals surface area contributed by atoms with Gasteiger partial charge in [0, 0.05) is 26.2 Å². The molecule has 0 atom stereocenters. The van der Waals surface area contributed by atoms with Crippen LogP contribution in [0.15, 0.2) is 24.3 Å². The van der Waals surface area contributed by atoms with Crippen molar-refractivity contribution >= 4 is 17.0 Å². The zero-order valence-electron chi connectivity index (χ0n) is 11.1. The number of anilines is 1. The van der Waals surface area contributed by atoms with Crippen molar-refractivity contribution in [3.63, 3.8) is 0 Å². The topological polar surface area (TPSA) is 53.9 Å². The van der Waals surface area contributed by atoms with Crippen LogP contribution in [0, 0.1) is 0 Å². The molecule has 0 aliphatic rings. The summed E-state index contributed by atoms with van der Waals surface area (Å²) in [5.41, 5.74) is 1.71. The maximum atomic E-state index is 4.50. The zero-order valence-corrected chi connectivity index (χ0v) is 11.1. The van der Waals surface area contributed by atoms with Gasteiger partial charge in [0.2, 0.25) is 5.95 Å². The molecule has 0 saturated heterocycles. The molecule has 5 heteroatoms. The lowest BCUT2D eigenvalue weighted by Gasteiger charge is -2.17. The highest BCUT2D eigenvalue weighted by Crippen LogP contribution is 2.10. The van der Waals surface area contributed by atoms with Crippen LogP contribution in [0.25, 0.3) is 11.0 Å². The summed E-state index contributed by atoms with van der Waals surface area (Å²) < 4.78 is 0. The molecule has 2 rings (SSSR count). The maximum Gasteiger partial charge on any atom is 0.245 e. The minimum atomic E-state index is 0.494. The third-order valence-corrected chi connectivity index (χ3v) is 2.69. The van der Waals surface area contributed by atoms with Gasteiger partial charge in [-0.15, -0.1) is 10.2 Å². The average Bonchev–Trinajstić information content (AvgIpc) is 2.37. The Morgan fingerprint density at radius 2 is 1.89 bits per heavy atom. The molecule has 2 aromatic rings. The van der Waals surface area contributed by atoms with E-state index < -0.39 is 0 Å². The fraction of sp³-hybridized carbons (Fsp3) is 0.462. The van der Waals surface area contributed by atoms with E-state index in [4.69, 9.17) is 0 Å². The molecule has 1 aromatic carbocycles. The second-order valence-electron chi connectivity index (χ2n) is 4.63. The van der Waals surface area contributed by atoms with Crippen LogP contribution in [-0.2, 0) is 0 Å². The average molecular weight is 245 g/mol. The van der Waals surface area contributed by atoms with Gasteiger partial charge in [-0.3, -0.25) is 0 Å². The molecule has 0 radical (unpaired) electrons. The monoisotopic (exact) mass is 245 g/mol. The Morgan fingerprint density at radius 1 is 1.17 bits per heavy atom. The van der Waals surface area contributed by atoms with Gasteiger partial charge in [-0.1, -0.05) is 26.0 Å². The molecule has 0 bridgehead atoms. The quantitative estimate of drug-likeness (QED) is 0.864. The lowest BCUT2D eigenvalue weighted by atomic mass is 10.3. The van der Waals surface area contributed by atoms with E-state index in [1.807, 2.05) is 36.2 Å². The van der Waals surface area contributed by atoms with Crippen LogP contribution in [0.1, 0.15) is 13.8 Å². The highest BCUT2D eigenvalue weighted by Gasteiger charge is 2.06. The summed E-state index contributed by atoms with van der Waals surface area (Å²) in [5.74, 6) is 0.666. The predicted molar refractivity (Wildman–Crippen MR) is 73.7 cm³/mol. The third kappa shape index (κ3) is 3.13. The fourth-order valence-electron chi connectivity index (χ4n) is 1.65. The number of rotatable bonds is 5. The van der Waals surface area contributed by atoms with Crippen molar-refractivity contribution in [3.8, 4) is 0 Å². The van der Waals surface area contributed by atoms with Gasteiger partial charge in [0.25, 0.3) is 0 Å². The molecule has 0 amide bonds. The smallest absolute Gasteiger partial charge is 0.245 e. The van der Waals surface area contributed by atoms with Crippen LogP contribution >= 0.6 is 0 Å². The van der Waals surface area contributed by atoms with E-state index in [9.17, 15) is 0 Å². The zero-order chi connectivity index (χ0) is 13.0. The van der Waals surface area contributed by atoms with E-state index in [0.717, 1.165) is 24.1 Å². The summed E-state index contributed by atoms with van der Waals surface area (Å²) in [6, 6.07) is 8.26. The largest absolute Gasteiger partial charge is 0.341 e. The van der Waals surface area contributed by atoms with E-state index >= 15 is 0 Å². The van der Waals surface area contributed by atoms with Crippen LogP contribution in [0.2, 0.25) is 0 Å². The molecule has 0 spiro atoms. The van der Waals surface area contributed by atoms with Gasteiger partial charge in [-0.25, -0.2) is 4.98 Å². The number of para-hydroxylation sites is 1. The van der Waals surface area contributed by atoms with E-state index in [1.54, 1.807) is 0 Å². The van der Waals surface area contributed by atoms with Crippen molar-refractivity contribution in [1.82, 2.24) is 20.5 Å². The summed E-state index contributed by atoms with van der Waals surface area (Å²) in [6.45, 7) is 6.03. The van der Waals surface area contributed by atoms with Gasteiger partial charge in [-0.05, 0) is 12.1 Å². The first-order valence-electron chi connectivity index (χ1n) is 6.21. The lowest BCUT2D eigenvalue weighted by Crippen LogP contribution is -2.33. The molecule has 1 aromatic heterocycles. The Balaban J connectivity index is 2.06. The molecular weight excluding hydrogens is 226 g/mol. The van der Waals surface area contributed by atoms with Crippen molar-refractivity contribution in [2.75, 3.05) is 25.0 Å². The van der Waals surface area contributed by atoms with E-state index in [1.165, 1.54) is 0 Å². The van der Waals surface area contributed by atoms with Crippen LogP contribution in [0.4, 0.5) is 5.95 Å². The van der Waals surface area contributed by atoms with Crippen molar-refractivity contribution < 1.29 is 0 Å². The van der Waals surface area contributed by atoms with E-state index in [-0.39, 0.29) is 0 Å². The first kappa shape index (κ1) is 12.7. The number of likely N-dealkylation sites (N-methyl/N-ethyl adjacent to an activating group) is 1. The molecule has 0 aliphatic carbocycles. The molecule has 1 N–H and O–H groups in total. The fourth-order valence-corrected chi connectivity index (χ4v) is 1.65. The minimum Gasteiger partial charge on any atom is -0.341 e. The molecule has 0 saturated carbocycles. The molecule has 96 valence electrons. The lowest BCUT2D eigenvalue weighted by molar-refractivity contribution is 0.586. The Hall–Kier alpha value is -1.75. The summed E-state index contributed by atoms with van der Waals surface area (Å²) in [6.07, 6.45) is 0. The number of hydrogen-bond acceptors (Lipinski definition) is 5. The maximum absolute atomic E-state index is 4.50. The SMILES string of the molecule is CC(C)NCCN(C)c1nnc2ccccc2n1. The van der Waals surface area contributed by atoms with E-state index in [2.05, 4.69) is 34.3 Å². The first-order valence-corrected chi connectivity index (χ1v) is 6.21. The van der Waals surface area contributed by atoms with E-state index in [0.29, 0.717) is 12.0 Å². The molecular formula is C13H19N5. The molecule has 0 fully saturated rings. The number of nitrogens with one attached hydrogen (secondary N) is 1. The number of nitrogens with zero attached hydrogens (tertiary/aromatic N) is 4. The van der Waals surface area contributed by atoms with Gasteiger partial charge >= 0.3 is 0 Å². The number of fused-ring (bicyclic) bond motifs is 1. The van der Waals surface area contributed by atoms with Crippen LogP contribution < -0.4 is 10.2 Å². The van der Waals surface area contributed by atoms with Crippen LogP contribution in [0.5, 0.6) is 0 Å². The van der Waals surface area contributed by atoms with Crippen LogP contribution in [-0.4, -0.2) is 41.4 Å². The first-order chi connectivity index (χ1) is 8.66. The summed E-state index contributed by atoms with van der Waals surface area (Å²) in [5, 5.41) is 11.7. The molecule has 0 unspecified atom stereocenters. The third-order valence-electron chi connectivity index (χ3n) is 2.69. The van der Waals surface area contributed by atoms with Crippen LogP contribution in [0.3, 0.4) is 0 Å². The van der Waals surface area contributed by atoms with Gasteiger partial charge in [0.1, 0.15) is 5.52 Å². The van der Waals surface area contributed by atoms with Crippen molar-refractivity contribution in [3.05, 3.63) is 24.3 Å². The molecule has 0 aliphatic heterocycles. The highest BCUT2D eigenvalue weighted by molar-refractivity contribution is 5.74. The van der Waals surface area contributed by atoms with Crippen molar-refractivity contribution in [1.29, 1.82) is 0 Å². The van der Waals surface area contributed by atoms with Crippen molar-refractivity contribution in [2.45, 2.75) is 19.9 Å². The second-order valence-corrected chi connectivity index (χ2v) is 4.63. The Kier molecular flexibility index (Phi) is 4.04. The molecule has 5 nitrogen and oxygen atoms in total. The Bertz CT molecular complexity index is 511. The predicted octanol–water partition coefficient (Wildman–Crippen LogP) is 1.46. The van der Waals surface area contributed by atoms with Crippen molar-refractivity contribution in [2.24, 2.45) is 0 Å². The Labute approximate surface area is 107 Å². The molecule has 18 heavy (non-hydrogen) atoms. The highest BCUT2D eigenvalue weighted by atomic mass is 15.3. The van der Waals surface area contributed by atoms with Gasteiger partial charge in [-0.2, -0.15) is 0 Å². The summed E-state index contributed by atoms with van der Waals surface area (Å²) >= 11 is 0. The minimum absolute atomic E-state index is 0.494. The standard InChI is InChI=1S/C13H19N5/c1-10(2)14-8-9-18(3)13-15-11-6-4-5-7-12(11)16-17-13/h4-7,10,14H,8-9H2,1-3H3. The Morgan fingerprint density at radius 3 is 2.61 bits per heavy atom. The van der Waals surface area contributed by atoms with Gasteiger partial charge in [0.05, 0.1) is 5.52 Å². The summed E-state index contributed by atoms with van der Waals surface area (Å²) in [4.78, 5) is 6.51. The number of benzene rings is 1.